The van der Waals surface area contributed by atoms with Crippen LogP contribution in [0.5, 0.6) is 0 Å². The minimum Gasteiger partial charge on any atom is -0.476 e. The number of fused-ring (bicyclic) bond motifs is 3. The van der Waals surface area contributed by atoms with Gasteiger partial charge in [0.25, 0.3) is 5.56 Å². The number of aromatic nitrogens is 4. The Morgan fingerprint density at radius 3 is 2.63 bits per heavy atom. The van der Waals surface area contributed by atoms with Crippen LogP contribution >= 0.6 is 0 Å². The number of carboxylic acid groups (broad SMARTS) is 1. The zero-order chi connectivity index (χ0) is 21.7. The number of carboxylic acids is 1. The van der Waals surface area contributed by atoms with Crippen molar-refractivity contribution in [1.29, 1.82) is 0 Å². The monoisotopic (exact) mass is 405 g/mol. The summed E-state index contributed by atoms with van der Waals surface area (Å²) in [6.45, 7) is 7.50. The molecular formula is C22H23N5O3. The second-order valence-corrected chi connectivity index (χ2v) is 7.66. The lowest BCUT2D eigenvalue weighted by molar-refractivity contribution is 0.0691. The van der Waals surface area contributed by atoms with E-state index in [4.69, 9.17) is 0 Å². The number of rotatable bonds is 4. The van der Waals surface area contributed by atoms with Gasteiger partial charge in [0.15, 0.2) is 5.69 Å². The molecule has 8 heteroatoms. The lowest BCUT2D eigenvalue weighted by Crippen LogP contribution is -2.22. The normalized spacial score (nSPS) is 12.4. The number of hydrogen-bond donors (Lipinski definition) is 2. The summed E-state index contributed by atoms with van der Waals surface area (Å²) in [4.78, 5) is 33.3. The van der Waals surface area contributed by atoms with Crippen molar-refractivity contribution in [2.45, 2.75) is 33.7 Å². The van der Waals surface area contributed by atoms with Crippen molar-refractivity contribution in [2.24, 2.45) is 7.05 Å². The molecule has 0 spiro atoms. The molecule has 1 atom stereocenters. The van der Waals surface area contributed by atoms with Gasteiger partial charge in [0.05, 0.1) is 28.3 Å². The molecule has 0 bridgehead atoms. The molecule has 4 aromatic rings. The first kappa shape index (κ1) is 19.6. The quantitative estimate of drug-likeness (QED) is 0.540. The maximum absolute atomic E-state index is 13.1. The van der Waals surface area contributed by atoms with Crippen LogP contribution in [-0.4, -0.2) is 30.0 Å². The number of anilines is 1. The fraction of sp³-hybridized carbons (Fsp3) is 0.273. The van der Waals surface area contributed by atoms with Crippen molar-refractivity contribution in [3.63, 3.8) is 0 Å². The highest BCUT2D eigenvalue weighted by atomic mass is 16.4. The number of pyridine rings is 1. The number of aryl methyl sites for hydroxylation is 4. The Kier molecular flexibility index (Phi) is 4.57. The lowest BCUT2D eigenvalue weighted by Gasteiger charge is -2.21. The van der Waals surface area contributed by atoms with Crippen LogP contribution in [0.15, 0.2) is 35.4 Å². The van der Waals surface area contributed by atoms with Gasteiger partial charge in [-0.25, -0.2) is 14.8 Å². The Balaban J connectivity index is 1.95. The van der Waals surface area contributed by atoms with Gasteiger partial charge in [-0.15, -0.1) is 0 Å². The van der Waals surface area contributed by atoms with E-state index in [2.05, 4.69) is 15.3 Å². The Hall–Kier alpha value is -3.68. The molecule has 0 amide bonds. The van der Waals surface area contributed by atoms with Crippen molar-refractivity contribution in [1.82, 2.24) is 18.9 Å². The van der Waals surface area contributed by atoms with Crippen LogP contribution in [0.3, 0.4) is 0 Å². The first-order valence-electron chi connectivity index (χ1n) is 9.63. The van der Waals surface area contributed by atoms with Crippen LogP contribution in [0.1, 0.15) is 46.0 Å². The van der Waals surface area contributed by atoms with Crippen LogP contribution in [-0.2, 0) is 7.05 Å². The van der Waals surface area contributed by atoms with E-state index in [0.29, 0.717) is 16.8 Å². The highest BCUT2D eigenvalue weighted by Crippen LogP contribution is 2.29. The second-order valence-electron chi connectivity index (χ2n) is 7.66. The van der Waals surface area contributed by atoms with E-state index in [1.165, 1.54) is 0 Å². The molecule has 154 valence electrons. The predicted octanol–water partition coefficient (Wildman–Crippen LogP) is 3.38. The highest BCUT2D eigenvalue weighted by Gasteiger charge is 2.20. The van der Waals surface area contributed by atoms with Crippen molar-refractivity contribution < 1.29 is 9.90 Å². The van der Waals surface area contributed by atoms with E-state index in [-0.39, 0.29) is 17.3 Å². The standard InChI is InChI=1S/C22H23N5O3/c1-11-8-15(13(3)25-17-7-6-12(2)24-18(17)22(29)30)19-16(9-11)21(28)26(5)20-14(4)23-10-27(19)20/h6-10,13,25H,1-5H3,(H,29,30). The number of nitrogens with zero attached hydrogens (tertiary/aromatic N) is 4. The van der Waals surface area contributed by atoms with Crippen LogP contribution in [0.2, 0.25) is 0 Å². The lowest BCUT2D eigenvalue weighted by atomic mass is 10.0. The summed E-state index contributed by atoms with van der Waals surface area (Å²) in [6.07, 6.45) is 1.72. The molecule has 0 fully saturated rings. The van der Waals surface area contributed by atoms with Crippen molar-refractivity contribution >= 4 is 28.2 Å². The van der Waals surface area contributed by atoms with Crippen LogP contribution in [0.4, 0.5) is 5.69 Å². The number of aromatic carboxylic acids is 1. The molecule has 0 aliphatic carbocycles. The number of carbonyl (C=O) groups is 1. The van der Waals surface area contributed by atoms with Gasteiger partial charge in [-0.05, 0) is 57.0 Å². The summed E-state index contributed by atoms with van der Waals surface area (Å²) in [7, 11) is 1.74. The van der Waals surface area contributed by atoms with Crippen molar-refractivity contribution in [3.8, 4) is 0 Å². The Morgan fingerprint density at radius 2 is 1.93 bits per heavy atom. The molecule has 1 unspecified atom stereocenters. The van der Waals surface area contributed by atoms with Gasteiger partial charge in [0.2, 0.25) is 0 Å². The molecule has 1 aromatic carbocycles. The van der Waals surface area contributed by atoms with Crippen molar-refractivity contribution in [3.05, 3.63) is 69.2 Å². The molecule has 2 N–H and O–H groups in total. The smallest absolute Gasteiger partial charge is 0.356 e. The first-order chi connectivity index (χ1) is 14.2. The largest absolute Gasteiger partial charge is 0.476 e. The molecule has 3 heterocycles. The van der Waals surface area contributed by atoms with E-state index in [0.717, 1.165) is 28.0 Å². The molecule has 30 heavy (non-hydrogen) atoms. The minimum atomic E-state index is -1.09. The van der Waals surface area contributed by atoms with E-state index in [1.807, 2.05) is 37.3 Å². The fourth-order valence-corrected chi connectivity index (χ4v) is 3.99. The number of nitrogens with one attached hydrogen (secondary N) is 1. The number of benzene rings is 1. The SMILES string of the molecule is Cc1cc(C(C)Nc2ccc(C)nc2C(=O)O)c2c(c1)c(=O)n(C)c1c(C)ncn21. The number of hydrogen-bond acceptors (Lipinski definition) is 5. The summed E-state index contributed by atoms with van der Waals surface area (Å²) < 4.78 is 3.53. The summed E-state index contributed by atoms with van der Waals surface area (Å²) in [5, 5.41) is 13.4. The third-order valence-electron chi connectivity index (χ3n) is 5.37. The average molecular weight is 405 g/mol. The molecule has 0 aliphatic heterocycles. The molecule has 0 saturated heterocycles. The van der Waals surface area contributed by atoms with E-state index >= 15 is 0 Å². The summed E-state index contributed by atoms with van der Waals surface area (Å²) in [5.41, 5.74) is 5.01. The van der Waals surface area contributed by atoms with Gasteiger partial charge in [-0.3, -0.25) is 13.8 Å². The van der Waals surface area contributed by atoms with Gasteiger partial charge in [-0.1, -0.05) is 6.07 Å². The van der Waals surface area contributed by atoms with Gasteiger partial charge < -0.3 is 10.4 Å². The van der Waals surface area contributed by atoms with Gasteiger partial charge in [0, 0.05) is 12.7 Å². The fourth-order valence-electron chi connectivity index (χ4n) is 3.99. The van der Waals surface area contributed by atoms with E-state index < -0.39 is 5.97 Å². The average Bonchev–Trinajstić information content (AvgIpc) is 3.08. The molecule has 0 radical (unpaired) electrons. The van der Waals surface area contributed by atoms with E-state index in [9.17, 15) is 14.7 Å². The van der Waals surface area contributed by atoms with Gasteiger partial charge in [0.1, 0.15) is 12.0 Å². The van der Waals surface area contributed by atoms with Crippen LogP contribution < -0.4 is 10.9 Å². The molecule has 0 saturated carbocycles. The van der Waals surface area contributed by atoms with Crippen LogP contribution in [0.25, 0.3) is 16.6 Å². The highest BCUT2D eigenvalue weighted by molar-refractivity contribution is 5.92. The second kappa shape index (κ2) is 6.98. The molecular weight excluding hydrogens is 382 g/mol. The first-order valence-corrected chi connectivity index (χ1v) is 9.63. The zero-order valence-electron chi connectivity index (χ0n) is 17.5. The molecule has 8 nitrogen and oxygen atoms in total. The predicted molar refractivity (Wildman–Crippen MR) is 115 cm³/mol. The Bertz CT molecular complexity index is 1380. The van der Waals surface area contributed by atoms with Gasteiger partial charge >= 0.3 is 5.97 Å². The third kappa shape index (κ3) is 3.01. The van der Waals surface area contributed by atoms with E-state index in [1.54, 1.807) is 37.0 Å². The van der Waals surface area contributed by atoms with Crippen LogP contribution in [0, 0.1) is 20.8 Å². The number of imidazole rings is 1. The Labute approximate surface area is 172 Å². The summed E-state index contributed by atoms with van der Waals surface area (Å²) >= 11 is 0. The Morgan fingerprint density at radius 1 is 1.20 bits per heavy atom. The molecule has 4 rings (SSSR count). The zero-order valence-corrected chi connectivity index (χ0v) is 17.5. The van der Waals surface area contributed by atoms with Crippen molar-refractivity contribution in [2.75, 3.05) is 5.32 Å². The maximum Gasteiger partial charge on any atom is 0.356 e. The molecule has 0 aliphatic rings. The minimum absolute atomic E-state index is 0.0293. The molecule has 3 aromatic heterocycles. The topological polar surface area (TPSA) is 102 Å². The summed E-state index contributed by atoms with van der Waals surface area (Å²) in [6, 6.07) is 7.09. The third-order valence-corrected chi connectivity index (χ3v) is 5.37. The maximum atomic E-state index is 13.1. The van der Waals surface area contributed by atoms with Gasteiger partial charge in [-0.2, -0.15) is 0 Å². The summed E-state index contributed by atoms with van der Waals surface area (Å²) in [5.74, 6) is -1.09.